The number of aromatic nitrogens is 2. The van der Waals surface area contributed by atoms with Gasteiger partial charge in [0.1, 0.15) is 0 Å². The lowest BCUT2D eigenvalue weighted by molar-refractivity contribution is 0.583. The molecule has 0 radical (unpaired) electrons. The summed E-state index contributed by atoms with van der Waals surface area (Å²) in [6, 6.07) is 0. The molecule has 1 aromatic rings. The van der Waals surface area contributed by atoms with Crippen LogP contribution in [0.1, 0.15) is 13.3 Å². The minimum atomic E-state index is 0.615. The van der Waals surface area contributed by atoms with Crippen molar-refractivity contribution in [1.82, 2.24) is 9.55 Å². The zero-order valence-corrected chi connectivity index (χ0v) is 10.2. The van der Waals surface area contributed by atoms with Gasteiger partial charge < -0.3 is 9.47 Å². The molecule has 14 heavy (non-hydrogen) atoms. The number of hydrogen-bond acceptors (Lipinski definition) is 2. The number of rotatable bonds is 2. The van der Waals surface area contributed by atoms with Crippen molar-refractivity contribution in [1.29, 1.82) is 0 Å². The van der Waals surface area contributed by atoms with E-state index in [0.29, 0.717) is 4.83 Å². The Morgan fingerprint density at radius 1 is 1.57 bits per heavy atom. The summed E-state index contributed by atoms with van der Waals surface area (Å²) in [5.74, 6) is 1.84. The molecule has 1 aliphatic rings. The molecule has 2 heterocycles. The number of alkyl halides is 1. The van der Waals surface area contributed by atoms with Crippen molar-refractivity contribution in [3.05, 3.63) is 12.4 Å². The van der Waals surface area contributed by atoms with Gasteiger partial charge in [0.05, 0.1) is 0 Å². The van der Waals surface area contributed by atoms with E-state index in [1.807, 2.05) is 19.4 Å². The Hall–Kier alpha value is -0.510. The molecule has 0 N–H and O–H groups in total. The molecule has 1 aromatic heterocycles. The molecule has 78 valence electrons. The van der Waals surface area contributed by atoms with Gasteiger partial charge >= 0.3 is 0 Å². The highest BCUT2D eigenvalue weighted by molar-refractivity contribution is 9.09. The third-order valence-corrected chi connectivity index (χ3v) is 4.00. The predicted molar refractivity (Wildman–Crippen MR) is 61.9 cm³/mol. The van der Waals surface area contributed by atoms with Crippen LogP contribution in [0, 0.1) is 5.92 Å². The Morgan fingerprint density at radius 3 is 2.86 bits per heavy atom. The third-order valence-electron chi connectivity index (χ3n) is 2.96. The monoisotopic (exact) mass is 257 g/mol. The fraction of sp³-hybridized carbons (Fsp3) is 0.700. The van der Waals surface area contributed by atoms with Crippen molar-refractivity contribution >= 4 is 21.9 Å². The first-order chi connectivity index (χ1) is 6.72. The predicted octanol–water partition coefficient (Wildman–Crippen LogP) is 2.03. The average molecular weight is 258 g/mol. The van der Waals surface area contributed by atoms with Crippen molar-refractivity contribution < 1.29 is 0 Å². The number of halogens is 1. The second-order valence-corrected chi connectivity index (χ2v) is 5.10. The lowest BCUT2D eigenvalue weighted by Crippen LogP contribution is -2.23. The van der Waals surface area contributed by atoms with E-state index in [1.165, 1.54) is 6.42 Å². The van der Waals surface area contributed by atoms with Crippen LogP contribution in [0.15, 0.2) is 12.4 Å². The maximum Gasteiger partial charge on any atom is 0.205 e. The van der Waals surface area contributed by atoms with Crippen molar-refractivity contribution in [3.63, 3.8) is 0 Å². The molecule has 2 unspecified atom stereocenters. The van der Waals surface area contributed by atoms with E-state index in [2.05, 4.69) is 37.3 Å². The number of hydrogen-bond donors (Lipinski definition) is 0. The van der Waals surface area contributed by atoms with E-state index in [-0.39, 0.29) is 0 Å². The van der Waals surface area contributed by atoms with Crippen LogP contribution in [0.4, 0.5) is 5.95 Å². The molecule has 1 aliphatic heterocycles. The second-order valence-electron chi connectivity index (χ2n) is 3.93. The molecule has 0 saturated carbocycles. The summed E-state index contributed by atoms with van der Waals surface area (Å²) in [6.07, 6.45) is 5.09. The van der Waals surface area contributed by atoms with Crippen LogP contribution in [-0.2, 0) is 7.05 Å². The first kappa shape index (κ1) is 10.0. The fourth-order valence-corrected chi connectivity index (χ4v) is 2.93. The minimum absolute atomic E-state index is 0.615. The lowest BCUT2D eigenvalue weighted by atomic mass is 10.1. The molecule has 1 fully saturated rings. The Kier molecular flexibility index (Phi) is 2.81. The molecule has 1 saturated heterocycles. The van der Waals surface area contributed by atoms with Gasteiger partial charge in [0.15, 0.2) is 0 Å². The van der Waals surface area contributed by atoms with Gasteiger partial charge in [-0.25, -0.2) is 4.98 Å². The summed E-state index contributed by atoms with van der Waals surface area (Å²) in [4.78, 5) is 7.34. The van der Waals surface area contributed by atoms with E-state index in [1.54, 1.807) is 0 Å². The Labute approximate surface area is 93.2 Å². The zero-order chi connectivity index (χ0) is 10.1. The maximum atomic E-state index is 4.37. The smallest absolute Gasteiger partial charge is 0.205 e. The summed E-state index contributed by atoms with van der Waals surface area (Å²) >= 11 is 3.74. The SMILES string of the molecule is CCC1CN(c2nccn2C)CC1Br. The summed E-state index contributed by atoms with van der Waals surface area (Å²) < 4.78 is 2.08. The molecule has 2 rings (SSSR count). The van der Waals surface area contributed by atoms with E-state index >= 15 is 0 Å². The van der Waals surface area contributed by atoms with Gasteiger partial charge in [0, 0.05) is 37.4 Å². The molecule has 0 aromatic carbocycles. The summed E-state index contributed by atoms with van der Waals surface area (Å²) in [7, 11) is 2.05. The van der Waals surface area contributed by atoms with E-state index in [9.17, 15) is 0 Å². The van der Waals surface area contributed by atoms with E-state index < -0.39 is 0 Å². The van der Waals surface area contributed by atoms with E-state index in [0.717, 1.165) is 25.0 Å². The first-order valence-electron chi connectivity index (χ1n) is 5.08. The van der Waals surface area contributed by atoms with Crippen LogP contribution >= 0.6 is 15.9 Å². The quantitative estimate of drug-likeness (QED) is 0.757. The van der Waals surface area contributed by atoms with Gasteiger partial charge in [0.2, 0.25) is 5.95 Å². The van der Waals surface area contributed by atoms with Crippen molar-refractivity contribution in [2.75, 3.05) is 18.0 Å². The number of anilines is 1. The summed E-state index contributed by atoms with van der Waals surface area (Å²) in [5, 5.41) is 0. The van der Waals surface area contributed by atoms with Gasteiger partial charge in [0.25, 0.3) is 0 Å². The van der Waals surface area contributed by atoms with Crippen molar-refractivity contribution in [2.45, 2.75) is 18.2 Å². The minimum Gasteiger partial charge on any atom is -0.341 e. The zero-order valence-electron chi connectivity index (χ0n) is 8.65. The Balaban J connectivity index is 2.12. The van der Waals surface area contributed by atoms with Crippen LogP contribution in [0.5, 0.6) is 0 Å². The maximum absolute atomic E-state index is 4.37. The van der Waals surface area contributed by atoms with Gasteiger partial charge in [-0.3, -0.25) is 0 Å². The molecule has 0 bridgehead atoms. The highest BCUT2D eigenvalue weighted by Crippen LogP contribution is 2.28. The third kappa shape index (κ3) is 1.67. The lowest BCUT2D eigenvalue weighted by Gasteiger charge is -2.16. The Morgan fingerprint density at radius 2 is 2.36 bits per heavy atom. The fourth-order valence-electron chi connectivity index (χ4n) is 2.04. The highest BCUT2D eigenvalue weighted by Gasteiger charge is 2.31. The van der Waals surface area contributed by atoms with Gasteiger partial charge in [-0.15, -0.1) is 0 Å². The van der Waals surface area contributed by atoms with Crippen LogP contribution in [-0.4, -0.2) is 27.5 Å². The molecule has 0 spiro atoms. The molecule has 0 aliphatic carbocycles. The topological polar surface area (TPSA) is 21.1 Å². The van der Waals surface area contributed by atoms with E-state index in [4.69, 9.17) is 0 Å². The average Bonchev–Trinajstić information content (AvgIpc) is 2.71. The Bertz CT molecular complexity index is 310. The van der Waals surface area contributed by atoms with Crippen LogP contribution in [0.2, 0.25) is 0 Å². The van der Waals surface area contributed by atoms with Gasteiger partial charge in [-0.1, -0.05) is 29.3 Å². The molecular weight excluding hydrogens is 242 g/mol. The van der Waals surface area contributed by atoms with Crippen molar-refractivity contribution in [3.8, 4) is 0 Å². The normalized spacial score (nSPS) is 27.2. The van der Waals surface area contributed by atoms with Crippen LogP contribution in [0.25, 0.3) is 0 Å². The van der Waals surface area contributed by atoms with Crippen LogP contribution in [0.3, 0.4) is 0 Å². The van der Waals surface area contributed by atoms with Gasteiger partial charge in [-0.2, -0.15) is 0 Å². The largest absolute Gasteiger partial charge is 0.341 e. The molecule has 2 atom stereocenters. The second kappa shape index (κ2) is 3.93. The summed E-state index contributed by atoms with van der Waals surface area (Å²) in [6.45, 7) is 4.45. The molecule has 0 amide bonds. The molecule has 3 nitrogen and oxygen atoms in total. The van der Waals surface area contributed by atoms with Gasteiger partial charge in [-0.05, 0) is 5.92 Å². The molecular formula is C10H16BrN3. The number of imidazole rings is 1. The number of aryl methyl sites for hydroxylation is 1. The molecule has 4 heteroatoms. The first-order valence-corrected chi connectivity index (χ1v) is 6.00. The standard InChI is InChI=1S/C10H16BrN3/c1-3-8-6-14(7-9(8)11)10-12-4-5-13(10)2/h4-5,8-9H,3,6-7H2,1-2H3. The van der Waals surface area contributed by atoms with Crippen molar-refractivity contribution in [2.24, 2.45) is 13.0 Å². The van der Waals surface area contributed by atoms with Crippen LogP contribution < -0.4 is 4.90 Å². The highest BCUT2D eigenvalue weighted by atomic mass is 79.9. The summed E-state index contributed by atoms with van der Waals surface area (Å²) in [5.41, 5.74) is 0. The number of nitrogens with zero attached hydrogens (tertiary/aromatic N) is 3.